The monoisotopic (exact) mass is 376 g/mol. The lowest BCUT2D eigenvalue weighted by Gasteiger charge is -2.26. The number of likely N-dealkylation sites (tertiary alicyclic amines) is 1. The van der Waals surface area contributed by atoms with Crippen molar-refractivity contribution in [1.29, 1.82) is 0 Å². The second-order valence-electron chi connectivity index (χ2n) is 6.31. The summed E-state index contributed by atoms with van der Waals surface area (Å²) < 4.78 is 0. The number of hydrogen-bond acceptors (Lipinski definition) is 5. The molecule has 0 radical (unpaired) electrons. The molecule has 1 fully saturated rings. The molecule has 2 atom stereocenters. The molecule has 27 heavy (non-hydrogen) atoms. The molecule has 146 valence electrons. The molecule has 1 aromatic carbocycles. The van der Waals surface area contributed by atoms with Gasteiger partial charge in [-0.1, -0.05) is 30.3 Å². The second-order valence-corrected chi connectivity index (χ2v) is 6.31. The van der Waals surface area contributed by atoms with Crippen molar-refractivity contribution in [2.75, 3.05) is 19.6 Å². The average Bonchev–Trinajstić information content (AvgIpc) is 3.15. The van der Waals surface area contributed by atoms with Gasteiger partial charge in [0, 0.05) is 13.0 Å². The van der Waals surface area contributed by atoms with E-state index in [1.807, 2.05) is 30.3 Å². The van der Waals surface area contributed by atoms with Crippen molar-refractivity contribution in [2.24, 2.45) is 5.73 Å². The van der Waals surface area contributed by atoms with Crippen LogP contribution in [0.2, 0.25) is 0 Å². The molecule has 1 aliphatic rings. The molecule has 9 nitrogen and oxygen atoms in total. The molecule has 1 saturated heterocycles. The van der Waals surface area contributed by atoms with E-state index in [1.165, 1.54) is 4.90 Å². The molecule has 0 bridgehead atoms. The standard InChI is InChI=1S/C18H24N4O5/c19-10-15(23)22-8-4-7-14(22)18(27)21-13(17(26)20-11-16(24)25)9-12-5-2-1-3-6-12/h1-3,5-6,13-14H,4,7-11,19H2,(H,20,26)(H,21,27)(H,24,25). The number of amides is 3. The Morgan fingerprint density at radius 3 is 2.56 bits per heavy atom. The van der Waals surface area contributed by atoms with Crippen LogP contribution < -0.4 is 16.4 Å². The number of nitrogens with one attached hydrogen (secondary N) is 2. The van der Waals surface area contributed by atoms with E-state index in [0.29, 0.717) is 19.4 Å². The van der Waals surface area contributed by atoms with Gasteiger partial charge in [-0.15, -0.1) is 0 Å². The lowest BCUT2D eigenvalue weighted by molar-refractivity contribution is -0.140. The van der Waals surface area contributed by atoms with Gasteiger partial charge in [0.05, 0.1) is 6.54 Å². The Labute approximate surface area is 156 Å². The first-order valence-corrected chi connectivity index (χ1v) is 8.75. The number of carbonyl (C=O) groups is 4. The Hall–Kier alpha value is -2.94. The van der Waals surface area contributed by atoms with E-state index in [4.69, 9.17) is 10.8 Å². The zero-order valence-corrected chi connectivity index (χ0v) is 14.9. The van der Waals surface area contributed by atoms with Gasteiger partial charge in [0.15, 0.2) is 0 Å². The summed E-state index contributed by atoms with van der Waals surface area (Å²) in [7, 11) is 0. The average molecular weight is 376 g/mol. The Morgan fingerprint density at radius 1 is 1.22 bits per heavy atom. The van der Waals surface area contributed by atoms with Gasteiger partial charge in [0.25, 0.3) is 0 Å². The van der Waals surface area contributed by atoms with Crippen LogP contribution in [0.3, 0.4) is 0 Å². The molecule has 0 spiro atoms. The third-order valence-electron chi connectivity index (χ3n) is 4.38. The van der Waals surface area contributed by atoms with Crippen molar-refractivity contribution in [1.82, 2.24) is 15.5 Å². The van der Waals surface area contributed by atoms with Crippen LogP contribution in [0.4, 0.5) is 0 Å². The summed E-state index contributed by atoms with van der Waals surface area (Å²) in [5.74, 6) is -2.53. The smallest absolute Gasteiger partial charge is 0.322 e. The normalized spacial score (nSPS) is 17.2. The maximum atomic E-state index is 12.7. The molecule has 2 rings (SSSR count). The number of nitrogens with zero attached hydrogens (tertiary/aromatic N) is 1. The number of carboxylic acid groups (broad SMARTS) is 1. The molecule has 1 heterocycles. The summed E-state index contributed by atoms with van der Waals surface area (Å²) in [6.45, 7) is -0.278. The highest BCUT2D eigenvalue weighted by molar-refractivity contribution is 5.93. The largest absolute Gasteiger partial charge is 0.480 e. The third-order valence-corrected chi connectivity index (χ3v) is 4.38. The maximum Gasteiger partial charge on any atom is 0.322 e. The first kappa shape index (κ1) is 20.4. The molecule has 3 amide bonds. The van der Waals surface area contributed by atoms with Crippen LogP contribution in [0.1, 0.15) is 18.4 Å². The van der Waals surface area contributed by atoms with Crippen molar-refractivity contribution in [3.63, 3.8) is 0 Å². The minimum absolute atomic E-state index is 0.184. The summed E-state index contributed by atoms with van der Waals surface area (Å²) in [5, 5.41) is 13.7. The van der Waals surface area contributed by atoms with Gasteiger partial charge >= 0.3 is 5.97 Å². The molecular formula is C18H24N4O5. The fourth-order valence-corrected chi connectivity index (χ4v) is 3.07. The number of hydrogen-bond donors (Lipinski definition) is 4. The van der Waals surface area contributed by atoms with Crippen LogP contribution in [0.25, 0.3) is 0 Å². The lowest BCUT2D eigenvalue weighted by Crippen LogP contribution is -2.54. The van der Waals surface area contributed by atoms with E-state index in [9.17, 15) is 19.2 Å². The fourth-order valence-electron chi connectivity index (χ4n) is 3.07. The molecule has 5 N–H and O–H groups in total. The second kappa shape index (κ2) is 9.67. The van der Waals surface area contributed by atoms with E-state index >= 15 is 0 Å². The van der Waals surface area contributed by atoms with Gasteiger partial charge in [0.1, 0.15) is 18.6 Å². The van der Waals surface area contributed by atoms with Crippen molar-refractivity contribution in [3.05, 3.63) is 35.9 Å². The highest BCUT2D eigenvalue weighted by Crippen LogP contribution is 2.17. The highest BCUT2D eigenvalue weighted by Gasteiger charge is 2.35. The minimum atomic E-state index is -1.18. The Bertz CT molecular complexity index is 694. The Morgan fingerprint density at radius 2 is 1.93 bits per heavy atom. The Balaban J connectivity index is 2.10. The quantitative estimate of drug-likeness (QED) is 0.452. The zero-order valence-electron chi connectivity index (χ0n) is 14.9. The maximum absolute atomic E-state index is 12.7. The van der Waals surface area contributed by atoms with Gasteiger partial charge in [-0.25, -0.2) is 0 Å². The first-order valence-electron chi connectivity index (χ1n) is 8.75. The van der Waals surface area contributed by atoms with Gasteiger partial charge < -0.3 is 26.4 Å². The summed E-state index contributed by atoms with van der Waals surface area (Å²) >= 11 is 0. The fraction of sp³-hybridized carbons (Fsp3) is 0.444. The first-order chi connectivity index (χ1) is 12.9. The van der Waals surface area contributed by atoms with Crippen molar-refractivity contribution < 1.29 is 24.3 Å². The van der Waals surface area contributed by atoms with Gasteiger partial charge in [-0.2, -0.15) is 0 Å². The van der Waals surface area contributed by atoms with Crippen molar-refractivity contribution in [2.45, 2.75) is 31.3 Å². The Kier molecular flexibility index (Phi) is 7.30. The van der Waals surface area contributed by atoms with Crippen LogP contribution in [-0.2, 0) is 25.6 Å². The summed E-state index contributed by atoms with van der Waals surface area (Å²) in [6.07, 6.45) is 1.38. The lowest BCUT2D eigenvalue weighted by atomic mass is 10.0. The predicted octanol–water partition coefficient (Wildman–Crippen LogP) is -1.14. The summed E-state index contributed by atoms with van der Waals surface area (Å²) in [6, 6.07) is 7.44. The van der Waals surface area contributed by atoms with Crippen LogP contribution in [0.15, 0.2) is 30.3 Å². The molecule has 0 saturated carbocycles. The van der Waals surface area contributed by atoms with Gasteiger partial charge in [-0.05, 0) is 18.4 Å². The number of rotatable bonds is 8. The number of aliphatic carboxylic acids is 1. The third kappa shape index (κ3) is 5.78. The highest BCUT2D eigenvalue weighted by atomic mass is 16.4. The van der Waals surface area contributed by atoms with E-state index in [1.54, 1.807) is 0 Å². The van der Waals surface area contributed by atoms with E-state index in [0.717, 1.165) is 5.56 Å². The van der Waals surface area contributed by atoms with Gasteiger partial charge in [-0.3, -0.25) is 19.2 Å². The van der Waals surface area contributed by atoms with E-state index in [-0.39, 0.29) is 18.9 Å². The van der Waals surface area contributed by atoms with Crippen LogP contribution in [0, 0.1) is 0 Å². The molecule has 1 aromatic rings. The molecule has 0 aliphatic carbocycles. The SMILES string of the molecule is NCC(=O)N1CCCC1C(=O)NC(Cc1ccccc1)C(=O)NCC(=O)O. The molecule has 2 unspecified atom stereocenters. The molecule has 9 heteroatoms. The topological polar surface area (TPSA) is 142 Å². The number of nitrogens with two attached hydrogens (primary N) is 1. The molecule has 0 aromatic heterocycles. The molecule has 1 aliphatic heterocycles. The summed E-state index contributed by atoms with van der Waals surface area (Å²) in [5.41, 5.74) is 6.21. The van der Waals surface area contributed by atoms with Crippen molar-refractivity contribution >= 4 is 23.7 Å². The van der Waals surface area contributed by atoms with Crippen molar-refractivity contribution in [3.8, 4) is 0 Å². The minimum Gasteiger partial charge on any atom is -0.480 e. The predicted molar refractivity (Wildman–Crippen MR) is 96.5 cm³/mol. The molecular weight excluding hydrogens is 352 g/mol. The van der Waals surface area contributed by atoms with Crippen LogP contribution in [-0.4, -0.2) is 65.4 Å². The number of carbonyl (C=O) groups excluding carboxylic acids is 3. The summed E-state index contributed by atoms with van der Waals surface area (Å²) in [4.78, 5) is 49.1. The zero-order chi connectivity index (χ0) is 19.8. The van der Waals surface area contributed by atoms with Crippen LogP contribution >= 0.6 is 0 Å². The number of benzene rings is 1. The van der Waals surface area contributed by atoms with E-state index < -0.39 is 36.4 Å². The van der Waals surface area contributed by atoms with Gasteiger partial charge in [0.2, 0.25) is 17.7 Å². The number of carboxylic acids is 1. The van der Waals surface area contributed by atoms with Crippen LogP contribution in [0.5, 0.6) is 0 Å². The van der Waals surface area contributed by atoms with E-state index in [2.05, 4.69) is 10.6 Å².